The fourth-order valence-electron chi connectivity index (χ4n) is 10.9. The van der Waals surface area contributed by atoms with Crippen molar-refractivity contribution in [3.8, 4) is 5.75 Å². The first kappa shape index (κ1) is 75.9. The summed E-state index contributed by atoms with van der Waals surface area (Å²) in [6.07, 6.45) is 1.55. The molecule has 0 radical (unpaired) electrons. The maximum atomic E-state index is 15.1. The van der Waals surface area contributed by atoms with Crippen molar-refractivity contribution < 1.29 is 87.2 Å². The Balaban J connectivity index is 1.57. The molecule has 4 heterocycles. The van der Waals surface area contributed by atoms with Gasteiger partial charge in [-0.2, -0.15) is 23.5 Å². The van der Waals surface area contributed by atoms with Crippen LogP contribution in [0.25, 0.3) is 0 Å². The lowest BCUT2D eigenvalue weighted by Gasteiger charge is -2.32. The maximum absolute atomic E-state index is 15.1. The molecule has 15 N–H and O–H groups in total. The van der Waals surface area contributed by atoms with Gasteiger partial charge in [0.25, 0.3) is 5.91 Å². The van der Waals surface area contributed by atoms with Crippen molar-refractivity contribution in [2.45, 2.75) is 202 Å². The van der Waals surface area contributed by atoms with E-state index in [-0.39, 0.29) is 80.7 Å². The Bertz CT molecular complexity index is 2850. The number of primary amides is 1. The van der Waals surface area contributed by atoms with Crippen molar-refractivity contribution in [1.29, 1.82) is 0 Å². The monoisotopic (exact) mass is 1350 g/mol. The van der Waals surface area contributed by atoms with E-state index in [4.69, 9.17) is 21.0 Å². The zero-order chi connectivity index (χ0) is 68.3. The van der Waals surface area contributed by atoms with Gasteiger partial charge >= 0.3 is 11.9 Å². The molecule has 1 aromatic rings. The highest BCUT2D eigenvalue weighted by Gasteiger charge is 2.43. The van der Waals surface area contributed by atoms with Crippen LogP contribution >= 0.6 is 23.5 Å². The van der Waals surface area contributed by atoms with Crippen LogP contribution in [-0.4, -0.2) is 219 Å². The molecule has 93 heavy (non-hydrogen) atoms. The van der Waals surface area contributed by atoms with Gasteiger partial charge in [-0.1, -0.05) is 25.1 Å². The number of benzene rings is 1. The number of oxime groups is 1. The Morgan fingerprint density at radius 1 is 0.634 bits per heavy atom. The molecule has 1 aromatic carbocycles. The standard InChI is InChI=1S/C60H91N13O18S2/c1-33(2)23-41-55(84)67-42(27-49(78)79)56(85)71-50(35(4)74)60(89)73-20-12-14-45(73)57(86)64-34(3)52(81)66-40(16-17-48(76)77)54(83)69-43(51(62)80)31-92-29-36-24-37-26-38(25-36)90-21-9-5-6-10-22-91-63-28-47(75)65-39(13-7-8-18-61)53(82)70-44(32-93-30-37)59(88)72-19-11-15-46(72)58(87)68-41/h24-26,28,33-35,39-46,50,74H,5-23,27,29-32,61H2,1-4H3,(H2,62,80)(H,64,86)(H,65,75)(H,66,81)(H,67,84)(H,68,87)(H,69,83)(H,70,82)(H,71,85)(H,76,77)(H,78,79)/b63-28+/t34-,35+,39-,40-,41-,42-,43-,44-,45-,46-,50-/m0/s1. The van der Waals surface area contributed by atoms with Gasteiger partial charge in [0.1, 0.15) is 79.0 Å². The number of carbonyl (C=O) groups is 13. The molecule has 11 amide bonds. The van der Waals surface area contributed by atoms with E-state index in [9.17, 15) is 72.9 Å². The number of thioether (sulfide) groups is 2. The van der Waals surface area contributed by atoms with Gasteiger partial charge in [-0.05, 0) is 133 Å². The van der Waals surface area contributed by atoms with Crippen LogP contribution in [0.2, 0.25) is 0 Å². The summed E-state index contributed by atoms with van der Waals surface area (Å²) in [6.45, 7) is 6.64. The Labute approximate surface area is 548 Å². The normalized spacial score (nSPS) is 27.2. The molecule has 31 nitrogen and oxygen atoms in total. The van der Waals surface area contributed by atoms with Crippen LogP contribution in [0.1, 0.15) is 135 Å². The number of amides is 11. The topological polar surface area (TPSA) is 468 Å². The molecule has 516 valence electrons. The van der Waals surface area contributed by atoms with Gasteiger partial charge in [0, 0.05) is 42.5 Å². The minimum Gasteiger partial charge on any atom is -0.494 e. The molecule has 0 aliphatic carbocycles. The number of hydrogen-bond donors (Lipinski definition) is 13. The van der Waals surface area contributed by atoms with Gasteiger partial charge < -0.3 is 88.7 Å². The van der Waals surface area contributed by atoms with Crippen LogP contribution in [0, 0.1) is 5.92 Å². The zero-order valence-electron chi connectivity index (χ0n) is 53.0. The number of carboxylic acids is 2. The van der Waals surface area contributed by atoms with E-state index in [0.29, 0.717) is 62.1 Å². The van der Waals surface area contributed by atoms with Crippen LogP contribution in [-0.2, 0) is 78.7 Å². The number of nitrogens with zero attached hydrogens (tertiary/aromatic N) is 3. The summed E-state index contributed by atoms with van der Waals surface area (Å²) in [6, 6.07) is -9.09. The van der Waals surface area contributed by atoms with Crippen molar-refractivity contribution in [3.05, 3.63) is 29.3 Å². The second kappa shape index (κ2) is 38.4. The Morgan fingerprint density at radius 2 is 1.20 bits per heavy atom. The summed E-state index contributed by atoms with van der Waals surface area (Å²) in [5.41, 5.74) is 13.0. The minimum absolute atomic E-state index is 0.0384. The lowest BCUT2D eigenvalue weighted by Crippen LogP contribution is -2.62. The number of aliphatic hydroxyl groups is 1. The molecule has 4 aliphatic rings. The third kappa shape index (κ3) is 24.9. The van der Waals surface area contributed by atoms with Crippen LogP contribution in [0.3, 0.4) is 0 Å². The number of carboxylic acid groups (broad SMARTS) is 2. The molecule has 11 atom stereocenters. The van der Waals surface area contributed by atoms with Gasteiger partial charge in [0.2, 0.25) is 59.1 Å². The Kier molecular flexibility index (Phi) is 31.4. The van der Waals surface area contributed by atoms with Gasteiger partial charge in [0.15, 0.2) is 0 Å². The number of nitrogens with one attached hydrogen (secondary N) is 8. The Morgan fingerprint density at radius 3 is 1.82 bits per heavy atom. The van der Waals surface area contributed by atoms with E-state index < -0.39 is 163 Å². The number of fused-ring (bicyclic) bond motifs is 7. The first-order valence-corrected chi connectivity index (χ1v) is 33.8. The van der Waals surface area contributed by atoms with Gasteiger partial charge in [-0.3, -0.25) is 62.3 Å². The predicted molar refractivity (Wildman–Crippen MR) is 340 cm³/mol. The van der Waals surface area contributed by atoms with Crippen molar-refractivity contribution >= 4 is 107 Å². The largest absolute Gasteiger partial charge is 0.494 e. The van der Waals surface area contributed by atoms with Crippen LogP contribution in [0.4, 0.5) is 0 Å². The van der Waals surface area contributed by atoms with E-state index >= 15 is 4.79 Å². The minimum atomic E-state index is -1.92. The fourth-order valence-corrected chi connectivity index (χ4v) is 12.9. The van der Waals surface area contributed by atoms with Gasteiger partial charge in [-0.15, -0.1) is 0 Å². The molecule has 2 fully saturated rings. The van der Waals surface area contributed by atoms with E-state index in [1.165, 1.54) is 35.3 Å². The molecule has 0 saturated carbocycles. The lowest BCUT2D eigenvalue weighted by atomic mass is 10.0. The van der Waals surface area contributed by atoms with E-state index in [2.05, 4.69) is 47.7 Å². The molecular formula is C60H91N13O18S2. The molecule has 0 aromatic heterocycles. The van der Waals surface area contributed by atoms with Crippen molar-refractivity contribution in [1.82, 2.24) is 52.3 Å². The van der Waals surface area contributed by atoms with Crippen molar-refractivity contribution in [3.63, 3.8) is 0 Å². The summed E-state index contributed by atoms with van der Waals surface area (Å²) in [5, 5.41) is 54.6. The van der Waals surface area contributed by atoms with Crippen LogP contribution in [0.5, 0.6) is 5.75 Å². The highest BCUT2D eigenvalue weighted by atomic mass is 32.2. The molecule has 0 spiro atoms. The Hall–Kier alpha value is -7.78. The quantitative estimate of drug-likeness (QED) is 0.0988. The second-order valence-corrected chi connectivity index (χ2v) is 26.0. The third-order valence-electron chi connectivity index (χ3n) is 15.7. The highest BCUT2D eigenvalue weighted by molar-refractivity contribution is 7.98. The summed E-state index contributed by atoms with van der Waals surface area (Å²) in [5.74, 6) is -12.4. The number of aliphatic carboxylic acids is 2. The summed E-state index contributed by atoms with van der Waals surface area (Å²) in [4.78, 5) is 186. The van der Waals surface area contributed by atoms with Crippen molar-refractivity contribution in [2.75, 3.05) is 44.4 Å². The first-order valence-electron chi connectivity index (χ1n) is 31.5. The van der Waals surface area contributed by atoms with E-state index in [0.717, 1.165) is 30.9 Å². The number of carbonyl (C=O) groups excluding carboxylic acids is 11. The molecule has 4 bridgehead atoms. The molecule has 0 unspecified atom stereocenters. The molecule has 5 rings (SSSR count). The average molecular weight is 1350 g/mol. The van der Waals surface area contributed by atoms with Crippen LogP contribution < -0.4 is 58.7 Å². The summed E-state index contributed by atoms with van der Waals surface area (Å²) in [7, 11) is 0. The lowest BCUT2D eigenvalue weighted by molar-refractivity contribution is -0.145. The first-order chi connectivity index (χ1) is 44.3. The number of hydrogen-bond acceptors (Lipinski definition) is 20. The summed E-state index contributed by atoms with van der Waals surface area (Å²) < 4.78 is 6.25. The summed E-state index contributed by atoms with van der Waals surface area (Å²) >= 11 is 2.45. The maximum Gasteiger partial charge on any atom is 0.305 e. The number of rotatable bonds is 13. The molecular weight excluding hydrogens is 1250 g/mol. The number of nitrogens with two attached hydrogens (primary N) is 2. The van der Waals surface area contributed by atoms with Crippen LogP contribution in [0.15, 0.2) is 23.4 Å². The predicted octanol–water partition coefficient (Wildman–Crippen LogP) is -1.62. The second-order valence-electron chi connectivity index (χ2n) is 23.9. The van der Waals surface area contributed by atoms with Gasteiger partial charge in [-0.25, -0.2) is 0 Å². The fraction of sp³-hybridized carbons (Fsp3) is 0.667. The third-order valence-corrected chi connectivity index (χ3v) is 18.0. The molecule has 2 saturated heterocycles. The molecule has 4 aliphatic heterocycles. The molecule has 33 heteroatoms. The smallest absolute Gasteiger partial charge is 0.305 e. The number of aliphatic hydroxyl groups excluding tert-OH is 1. The zero-order valence-corrected chi connectivity index (χ0v) is 54.6. The SMILES string of the molecule is CC(C)C[C@@H]1NC(=O)[C@@H]2CCCN2C(=O)[C@@H]2CSCc3cc(cc(c3)OCCCCCCO/N=C/C(=O)N[C@@H](CCCCN)C(=O)N2)CSC[C@@H](C(N)=O)NC(=O)[C@H](CCC(=O)O)NC(=O)[C@H](C)NC(=O)[C@@H]2CCCN2C(=O)[C@H]([C@@H](C)O)NC(=O)[C@H](CC(=O)O)NC1=O. The van der Waals surface area contributed by atoms with Gasteiger partial charge in [0.05, 0.1) is 19.1 Å². The van der Waals surface area contributed by atoms with Crippen molar-refractivity contribution in [2.24, 2.45) is 22.5 Å². The van der Waals surface area contributed by atoms with E-state index in [1.807, 2.05) is 12.1 Å². The number of unbranched alkanes of at least 4 members (excludes halogenated alkanes) is 1. The highest BCUT2D eigenvalue weighted by Crippen LogP contribution is 2.27. The van der Waals surface area contributed by atoms with E-state index in [1.54, 1.807) is 19.9 Å². The number of ether oxygens (including phenoxy) is 1. The average Bonchev–Trinajstić information content (AvgIpc) is 1.79.